The van der Waals surface area contributed by atoms with Crippen LogP contribution in [0.2, 0.25) is 10.0 Å². The van der Waals surface area contributed by atoms with Crippen LogP contribution in [-0.4, -0.2) is 38.8 Å². The minimum atomic E-state index is -3.62. The maximum absolute atomic E-state index is 13.0. The van der Waals surface area contributed by atoms with E-state index < -0.39 is 15.9 Å². The van der Waals surface area contributed by atoms with Gasteiger partial charge >= 0.3 is 0 Å². The monoisotopic (exact) mass is 484 g/mol. The molecule has 2 aromatic rings. The fraction of sp³-hybridized carbons (Fsp3) is 0.409. The van der Waals surface area contributed by atoms with Crippen molar-refractivity contribution in [3.63, 3.8) is 0 Å². The maximum atomic E-state index is 13.0. The van der Waals surface area contributed by atoms with Crippen molar-refractivity contribution in [2.45, 2.75) is 31.6 Å². The number of rotatable bonds is 7. The van der Waals surface area contributed by atoms with Crippen molar-refractivity contribution in [3.05, 3.63) is 63.6 Å². The van der Waals surface area contributed by atoms with Gasteiger partial charge in [-0.2, -0.15) is 0 Å². The Hall–Kier alpha value is -1.80. The number of nitrogens with one attached hydrogen (secondary N) is 1. The number of piperidine rings is 1. The van der Waals surface area contributed by atoms with Gasteiger partial charge in [0.15, 0.2) is 0 Å². The van der Waals surface area contributed by atoms with Crippen LogP contribution in [0.4, 0.5) is 0 Å². The van der Waals surface area contributed by atoms with Crippen molar-refractivity contribution < 1.29 is 17.9 Å². The zero-order valence-electron chi connectivity index (χ0n) is 17.5. The molecule has 0 unspecified atom stereocenters. The first-order valence-electron chi connectivity index (χ1n) is 10.1. The molecule has 1 aliphatic heterocycles. The number of carbonyl (C=O) groups excluding carboxylic acids is 1. The first-order chi connectivity index (χ1) is 14.7. The fourth-order valence-corrected chi connectivity index (χ4v) is 5.96. The summed E-state index contributed by atoms with van der Waals surface area (Å²) in [6.07, 6.45) is 1.26. The fourth-order valence-electron chi connectivity index (χ4n) is 3.77. The first-order valence-corrected chi connectivity index (χ1v) is 12.4. The number of benzene rings is 2. The third-order valence-electron chi connectivity index (χ3n) is 5.47. The average Bonchev–Trinajstić information content (AvgIpc) is 2.75. The zero-order chi connectivity index (χ0) is 22.6. The lowest BCUT2D eigenvalue weighted by atomic mass is 9.97. The van der Waals surface area contributed by atoms with Crippen molar-refractivity contribution in [1.82, 2.24) is 9.62 Å². The van der Waals surface area contributed by atoms with Gasteiger partial charge in [0.25, 0.3) is 0 Å². The van der Waals surface area contributed by atoms with Gasteiger partial charge in [-0.15, -0.1) is 0 Å². The lowest BCUT2D eigenvalue weighted by Gasteiger charge is -2.32. The molecule has 3 rings (SSSR count). The quantitative estimate of drug-likeness (QED) is 0.630. The van der Waals surface area contributed by atoms with Gasteiger partial charge in [0.1, 0.15) is 5.75 Å². The number of hydrogen-bond acceptors (Lipinski definition) is 4. The van der Waals surface area contributed by atoms with Crippen LogP contribution in [0.5, 0.6) is 5.75 Å². The number of methoxy groups -OCH3 is 1. The zero-order valence-corrected chi connectivity index (χ0v) is 19.8. The van der Waals surface area contributed by atoms with Gasteiger partial charge < -0.3 is 10.1 Å². The lowest BCUT2D eigenvalue weighted by Crippen LogP contribution is -2.46. The third-order valence-corrected chi connectivity index (χ3v) is 7.85. The summed E-state index contributed by atoms with van der Waals surface area (Å²) >= 11 is 12.1. The molecule has 1 saturated heterocycles. The van der Waals surface area contributed by atoms with Crippen LogP contribution in [0.1, 0.15) is 36.9 Å². The highest BCUT2D eigenvalue weighted by Gasteiger charge is 2.33. The molecule has 1 fully saturated rings. The van der Waals surface area contributed by atoms with Crippen LogP contribution in [0.25, 0.3) is 0 Å². The van der Waals surface area contributed by atoms with Crippen LogP contribution in [-0.2, 0) is 20.6 Å². The number of amides is 1. The second-order valence-electron chi connectivity index (χ2n) is 7.66. The van der Waals surface area contributed by atoms with Crippen molar-refractivity contribution in [2.75, 3.05) is 20.2 Å². The summed E-state index contributed by atoms with van der Waals surface area (Å²) in [6.45, 7) is 2.42. The maximum Gasteiger partial charge on any atom is 0.224 e. The predicted octanol–water partition coefficient (Wildman–Crippen LogP) is 4.42. The minimum Gasteiger partial charge on any atom is -0.496 e. The highest BCUT2D eigenvalue weighted by molar-refractivity contribution is 7.88. The van der Waals surface area contributed by atoms with Crippen molar-refractivity contribution >= 4 is 39.1 Å². The van der Waals surface area contributed by atoms with Gasteiger partial charge in [-0.1, -0.05) is 47.5 Å². The molecule has 0 radical (unpaired) electrons. The number of para-hydroxylation sites is 1. The average molecular weight is 485 g/mol. The van der Waals surface area contributed by atoms with E-state index in [4.69, 9.17) is 27.9 Å². The minimum absolute atomic E-state index is 0.151. The van der Waals surface area contributed by atoms with Crippen molar-refractivity contribution in [1.29, 1.82) is 0 Å². The van der Waals surface area contributed by atoms with E-state index in [-0.39, 0.29) is 24.2 Å². The Kier molecular flexibility index (Phi) is 7.86. The van der Waals surface area contributed by atoms with E-state index in [9.17, 15) is 13.2 Å². The normalized spacial score (nSPS) is 18.4. The Bertz CT molecular complexity index is 1050. The summed E-state index contributed by atoms with van der Waals surface area (Å²) in [7, 11) is -2.04. The largest absolute Gasteiger partial charge is 0.496 e. The number of halogens is 2. The summed E-state index contributed by atoms with van der Waals surface area (Å²) in [4.78, 5) is 12.9. The molecule has 0 aliphatic carbocycles. The van der Waals surface area contributed by atoms with E-state index in [0.717, 1.165) is 5.56 Å². The second-order valence-corrected chi connectivity index (χ2v) is 10.5. The lowest BCUT2D eigenvalue weighted by molar-refractivity contribution is -0.126. The Morgan fingerprint density at radius 2 is 2.00 bits per heavy atom. The van der Waals surface area contributed by atoms with Gasteiger partial charge in [-0.3, -0.25) is 4.79 Å². The molecule has 1 amide bonds. The van der Waals surface area contributed by atoms with Crippen molar-refractivity contribution in [3.8, 4) is 5.75 Å². The summed E-state index contributed by atoms with van der Waals surface area (Å²) in [5, 5.41) is 3.76. The summed E-state index contributed by atoms with van der Waals surface area (Å²) in [5.74, 6) is -0.109. The van der Waals surface area contributed by atoms with Crippen LogP contribution < -0.4 is 10.1 Å². The third kappa shape index (κ3) is 5.92. The number of nitrogens with zero attached hydrogens (tertiary/aromatic N) is 1. The summed E-state index contributed by atoms with van der Waals surface area (Å²) < 4.78 is 32.7. The molecule has 168 valence electrons. The number of ether oxygens (including phenoxy) is 1. The SMILES string of the molecule is COc1ccccc1[C@H](C)NC(=O)[C@@H]1CCCN(S(=O)(=O)Cc2ccc(Cl)cc2Cl)C1. The molecule has 6 nitrogen and oxygen atoms in total. The van der Waals surface area contributed by atoms with Gasteiger partial charge in [0, 0.05) is 28.7 Å². The van der Waals surface area contributed by atoms with Gasteiger partial charge in [-0.25, -0.2) is 12.7 Å². The second kappa shape index (κ2) is 10.2. The van der Waals surface area contributed by atoms with Gasteiger partial charge in [0.2, 0.25) is 15.9 Å². The highest BCUT2D eigenvalue weighted by atomic mass is 35.5. The molecule has 2 aromatic carbocycles. The molecule has 1 heterocycles. The van der Waals surface area contributed by atoms with E-state index in [0.29, 0.717) is 40.7 Å². The molecule has 0 aromatic heterocycles. The Balaban J connectivity index is 1.67. The van der Waals surface area contributed by atoms with Crippen LogP contribution in [0, 0.1) is 5.92 Å². The molecule has 1 aliphatic rings. The topological polar surface area (TPSA) is 75.7 Å². The van der Waals surface area contributed by atoms with Gasteiger partial charge in [0.05, 0.1) is 24.8 Å². The summed E-state index contributed by atoms with van der Waals surface area (Å²) in [5.41, 5.74) is 1.36. The molecule has 2 atom stereocenters. The molecular formula is C22H26Cl2N2O4S. The standard InChI is InChI=1S/C22H26Cl2N2O4S/c1-15(19-7-3-4-8-21(19)30-2)25-22(27)16-6-5-11-26(13-16)31(28,29)14-17-9-10-18(23)12-20(17)24/h3-4,7-10,12,15-16H,5-6,11,13-14H2,1-2H3,(H,25,27)/t15-,16+/m0/s1. The molecule has 0 spiro atoms. The van der Waals surface area contributed by atoms with Gasteiger partial charge in [-0.05, 0) is 43.5 Å². The van der Waals surface area contributed by atoms with Crippen LogP contribution >= 0.6 is 23.2 Å². The first kappa shape index (κ1) is 23.9. The predicted molar refractivity (Wildman–Crippen MR) is 123 cm³/mol. The Labute approximate surface area is 193 Å². The number of carbonyl (C=O) groups is 1. The molecular weight excluding hydrogens is 459 g/mol. The number of sulfonamides is 1. The van der Waals surface area contributed by atoms with Crippen LogP contribution in [0.3, 0.4) is 0 Å². The Morgan fingerprint density at radius 3 is 2.71 bits per heavy atom. The molecule has 9 heteroatoms. The van der Waals surface area contributed by atoms with E-state index in [1.165, 1.54) is 10.4 Å². The summed E-state index contributed by atoms with van der Waals surface area (Å²) in [6, 6.07) is 12.0. The van der Waals surface area contributed by atoms with E-state index >= 15 is 0 Å². The van der Waals surface area contributed by atoms with E-state index in [2.05, 4.69) is 5.32 Å². The molecule has 1 N–H and O–H groups in total. The molecule has 0 saturated carbocycles. The van der Waals surface area contributed by atoms with E-state index in [1.54, 1.807) is 19.2 Å². The highest BCUT2D eigenvalue weighted by Crippen LogP contribution is 2.28. The van der Waals surface area contributed by atoms with E-state index in [1.807, 2.05) is 31.2 Å². The smallest absolute Gasteiger partial charge is 0.224 e. The van der Waals surface area contributed by atoms with Crippen molar-refractivity contribution in [2.24, 2.45) is 5.92 Å². The molecule has 0 bridgehead atoms. The molecule has 31 heavy (non-hydrogen) atoms. The Morgan fingerprint density at radius 1 is 1.26 bits per heavy atom. The number of hydrogen-bond donors (Lipinski definition) is 1. The van der Waals surface area contributed by atoms with Crippen LogP contribution in [0.15, 0.2) is 42.5 Å².